The van der Waals surface area contributed by atoms with Crippen molar-refractivity contribution in [3.63, 3.8) is 0 Å². The van der Waals surface area contributed by atoms with Crippen LogP contribution in [0, 0.1) is 11.8 Å². The fourth-order valence-electron chi connectivity index (χ4n) is 5.12. The van der Waals surface area contributed by atoms with Crippen LogP contribution in [-0.2, 0) is 9.59 Å². The van der Waals surface area contributed by atoms with Crippen molar-refractivity contribution >= 4 is 35.3 Å². The lowest BCUT2D eigenvalue weighted by Crippen LogP contribution is -2.32. The van der Waals surface area contributed by atoms with Gasteiger partial charge in [-0.2, -0.15) is 4.98 Å². The number of nitrogens with zero attached hydrogens (tertiary/aromatic N) is 4. The molecule has 0 spiro atoms. The lowest BCUT2D eigenvalue weighted by atomic mass is 9.85. The quantitative estimate of drug-likeness (QED) is 0.459. The number of allylic oxidation sites excluding steroid dienone is 2. The molecule has 6 rings (SSSR count). The van der Waals surface area contributed by atoms with E-state index in [0.29, 0.717) is 23.8 Å². The van der Waals surface area contributed by atoms with E-state index in [0.717, 1.165) is 17.5 Å². The van der Waals surface area contributed by atoms with Crippen LogP contribution in [0.2, 0.25) is 5.02 Å². The van der Waals surface area contributed by atoms with Gasteiger partial charge in [-0.15, -0.1) is 5.10 Å². The molecule has 3 aliphatic rings. The van der Waals surface area contributed by atoms with Crippen LogP contribution in [0.15, 0.2) is 66.7 Å². The van der Waals surface area contributed by atoms with Crippen molar-refractivity contribution in [2.24, 2.45) is 11.8 Å². The first-order chi connectivity index (χ1) is 16.1. The maximum atomic E-state index is 13.1. The smallest absolute Gasteiger partial charge is 0.260 e. The Balaban J connectivity index is 1.41. The number of halogens is 1. The van der Waals surface area contributed by atoms with Gasteiger partial charge in [-0.05, 0) is 42.5 Å². The number of hydrogen-bond acceptors (Lipinski definition) is 5. The predicted octanol–water partition coefficient (Wildman–Crippen LogP) is 4.53. The van der Waals surface area contributed by atoms with Crippen LogP contribution in [-0.4, -0.2) is 26.6 Å². The zero-order valence-corrected chi connectivity index (χ0v) is 18.5. The van der Waals surface area contributed by atoms with Gasteiger partial charge in [-0.25, -0.2) is 9.58 Å². The molecule has 166 valence electrons. The highest BCUT2D eigenvalue weighted by Gasteiger charge is 2.49. The number of carbonyl (C=O) groups excluding carboxylic acids is 2. The Bertz CT molecular complexity index is 1230. The Hall–Kier alpha value is -3.45. The van der Waals surface area contributed by atoms with Crippen molar-refractivity contribution in [1.82, 2.24) is 14.8 Å². The minimum absolute atomic E-state index is 0.00758. The summed E-state index contributed by atoms with van der Waals surface area (Å²) >= 11 is 6.12. The molecule has 0 unspecified atom stereocenters. The van der Waals surface area contributed by atoms with Crippen LogP contribution >= 0.6 is 11.6 Å². The first-order valence-electron chi connectivity index (χ1n) is 11.2. The summed E-state index contributed by atoms with van der Waals surface area (Å²) < 4.78 is 1.79. The van der Waals surface area contributed by atoms with E-state index in [1.54, 1.807) is 4.68 Å². The van der Waals surface area contributed by atoms with Crippen molar-refractivity contribution in [2.75, 3.05) is 10.2 Å². The van der Waals surface area contributed by atoms with Gasteiger partial charge in [0.1, 0.15) is 0 Å². The summed E-state index contributed by atoms with van der Waals surface area (Å²) in [6.07, 6.45) is 5.86. The largest absolute Gasteiger partial charge is 0.347 e. The zero-order valence-electron chi connectivity index (χ0n) is 17.8. The van der Waals surface area contributed by atoms with Gasteiger partial charge in [0.25, 0.3) is 5.95 Å². The molecule has 2 amide bonds. The molecule has 1 N–H and O–H groups in total. The van der Waals surface area contributed by atoms with Crippen molar-refractivity contribution in [1.29, 1.82) is 0 Å². The molecule has 1 fully saturated rings. The van der Waals surface area contributed by atoms with Gasteiger partial charge in [0, 0.05) is 5.02 Å². The van der Waals surface area contributed by atoms with E-state index in [2.05, 4.69) is 27.5 Å². The zero-order chi connectivity index (χ0) is 22.5. The molecule has 0 saturated carbocycles. The van der Waals surface area contributed by atoms with Gasteiger partial charge in [0.15, 0.2) is 0 Å². The second kappa shape index (κ2) is 7.85. The highest BCUT2D eigenvalue weighted by molar-refractivity contribution is 6.30. The Morgan fingerprint density at radius 1 is 0.879 bits per heavy atom. The van der Waals surface area contributed by atoms with Gasteiger partial charge < -0.3 is 5.32 Å². The molecule has 2 aliphatic heterocycles. The minimum atomic E-state index is -0.319. The van der Waals surface area contributed by atoms with Gasteiger partial charge in [0.2, 0.25) is 17.8 Å². The number of carbonyl (C=O) groups is 2. The molecule has 1 aliphatic carbocycles. The second-order valence-corrected chi connectivity index (χ2v) is 9.19. The average molecular weight is 460 g/mol. The van der Waals surface area contributed by atoms with Gasteiger partial charge >= 0.3 is 0 Å². The van der Waals surface area contributed by atoms with Crippen LogP contribution in [0.4, 0.5) is 11.9 Å². The Labute approximate surface area is 196 Å². The lowest BCUT2D eigenvalue weighted by Gasteiger charge is -2.31. The van der Waals surface area contributed by atoms with E-state index in [1.807, 2.05) is 54.6 Å². The normalized spacial score (nSPS) is 26.2. The number of imide groups is 1. The van der Waals surface area contributed by atoms with Crippen molar-refractivity contribution in [2.45, 2.75) is 31.3 Å². The van der Waals surface area contributed by atoms with Crippen molar-refractivity contribution < 1.29 is 9.59 Å². The first kappa shape index (κ1) is 20.2. The fourth-order valence-corrected chi connectivity index (χ4v) is 5.25. The lowest BCUT2D eigenvalue weighted by molar-refractivity contribution is -0.122. The standard InChI is InChI=1S/C25H22ClN5O2/c26-17-12-10-16(11-13-17)21-14-20(15-6-2-1-3-7-15)27-24-28-25(29-31(21)24)30-22(32)18-8-4-5-9-19(18)23(30)33/h1-7,10-13,18-21H,8-9,14H2,(H,27,28,29)/t18-,19-,20+,21+/m0/s1. The monoisotopic (exact) mass is 459 g/mol. The highest BCUT2D eigenvalue weighted by Crippen LogP contribution is 2.41. The molecule has 7 nitrogen and oxygen atoms in total. The predicted molar refractivity (Wildman–Crippen MR) is 125 cm³/mol. The number of hydrogen-bond donors (Lipinski definition) is 1. The van der Waals surface area contributed by atoms with E-state index in [-0.39, 0.29) is 41.7 Å². The second-order valence-electron chi connectivity index (χ2n) is 8.76. The maximum Gasteiger partial charge on any atom is 0.260 e. The summed E-state index contributed by atoms with van der Waals surface area (Å²) in [6, 6.07) is 17.7. The van der Waals surface area contributed by atoms with Crippen LogP contribution < -0.4 is 10.2 Å². The Kier molecular flexibility index (Phi) is 4.80. The Morgan fingerprint density at radius 3 is 2.21 bits per heavy atom. The van der Waals surface area contributed by atoms with E-state index >= 15 is 0 Å². The fraction of sp³-hybridized carbons (Fsp3) is 0.280. The number of amides is 2. The summed E-state index contributed by atoms with van der Waals surface area (Å²) in [5.41, 5.74) is 2.18. The summed E-state index contributed by atoms with van der Waals surface area (Å²) in [6.45, 7) is 0. The number of anilines is 2. The van der Waals surface area contributed by atoms with E-state index in [9.17, 15) is 9.59 Å². The number of aromatic nitrogens is 3. The van der Waals surface area contributed by atoms with E-state index in [4.69, 9.17) is 11.6 Å². The van der Waals surface area contributed by atoms with Gasteiger partial charge in [0.05, 0.1) is 23.9 Å². The van der Waals surface area contributed by atoms with Crippen LogP contribution in [0.1, 0.15) is 42.5 Å². The topological polar surface area (TPSA) is 80.1 Å². The molecular weight excluding hydrogens is 438 g/mol. The molecule has 8 heteroatoms. The van der Waals surface area contributed by atoms with Crippen LogP contribution in [0.5, 0.6) is 0 Å². The van der Waals surface area contributed by atoms with Crippen molar-refractivity contribution in [3.8, 4) is 0 Å². The minimum Gasteiger partial charge on any atom is -0.347 e. The maximum absolute atomic E-state index is 13.1. The Morgan fingerprint density at radius 2 is 1.55 bits per heavy atom. The molecule has 1 aromatic heterocycles. The number of rotatable bonds is 3. The SMILES string of the molecule is O=C1[C@H]2CC=CC[C@@H]2C(=O)N1c1nc2n(n1)[C@@H](c1ccc(Cl)cc1)C[C@H](c1ccccc1)N2. The third-order valence-electron chi connectivity index (χ3n) is 6.84. The molecular formula is C25H22ClN5O2. The molecule has 2 aromatic carbocycles. The molecule has 1 saturated heterocycles. The number of fused-ring (bicyclic) bond motifs is 2. The third-order valence-corrected chi connectivity index (χ3v) is 7.09. The molecule has 3 aromatic rings. The molecule has 3 heterocycles. The van der Waals surface area contributed by atoms with Gasteiger partial charge in [-0.1, -0.05) is 66.2 Å². The van der Waals surface area contributed by atoms with Crippen LogP contribution in [0.25, 0.3) is 0 Å². The third kappa shape index (κ3) is 3.35. The van der Waals surface area contributed by atoms with Crippen LogP contribution in [0.3, 0.4) is 0 Å². The molecule has 33 heavy (non-hydrogen) atoms. The summed E-state index contributed by atoms with van der Waals surface area (Å²) in [5, 5.41) is 8.80. The van der Waals surface area contributed by atoms with Crippen molar-refractivity contribution in [3.05, 3.63) is 82.9 Å². The van der Waals surface area contributed by atoms with E-state index in [1.165, 1.54) is 4.90 Å². The summed E-state index contributed by atoms with van der Waals surface area (Å²) in [4.78, 5) is 32.0. The summed E-state index contributed by atoms with van der Waals surface area (Å²) in [7, 11) is 0. The average Bonchev–Trinajstić information content (AvgIpc) is 3.38. The molecule has 0 radical (unpaired) electrons. The number of benzene rings is 2. The first-order valence-corrected chi connectivity index (χ1v) is 11.5. The van der Waals surface area contributed by atoms with Gasteiger partial charge in [-0.3, -0.25) is 9.59 Å². The molecule has 0 bridgehead atoms. The molecule has 4 atom stereocenters. The summed E-state index contributed by atoms with van der Waals surface area (Å²) in [5.74, 6) is -0.367. The van der Waals surface area contributed by atoms with E-state index < -0.39 is 0 Å². The number of nitrogens with one attached hydrogen (secondary N) is 1. The highest BCUT2D eigenvalue weighted by atomic mass is 35.5.